The lowest BCUT2D eigenvalue weighted by Gasteiger charge is -2.09. The summed E-state index contributed by atoms with van der Waals surface area (Å²) in [6.45, 7) is 1.51. The van der Waals surface area contributed by atoms with Gasteiger partial charge in [-0.2, -0.15) is 0 Å². The molecular formula is C9H11NO5S. The Labute approximate surface area is 92.6 Å². The molecule has 0 aliphatic carbocycles. The van der Waals surface area contributed by atoms with Crippen LogP contribution in [-0.2, 0) is 9.84 Å². The van der Waals surface area contributed by atoms with Crippen LogP contribution in [0, 0.1) is 10.1 Å². The molecule has 1 N–H and O–H groups in total. The Kier molecular flexibility index (Phi) is 3.61. The molecular weight excluding hydrogens is 234 g/mol. The predicted molar refractivity (Wildman–Crippen MR) is 56.6 cm³/mol. The number of hydrogen-bond donors (Lipinski definition) is 1. The van der Waals surface area contributed by atoms with Gasteiger partial charge in [-0.3, -0.25) is 10.1 Å². The topological polar surface area (TPSA) is 97.5 Å². The lowest BCUT2D eigenvalue weighted by molar-refractivity contribution is -0.385. The third kappa shape index (κ3) is 2.37. The maximum absolute atomic E-state index is 11.7. The third-order valence-electron chi connectivity index (χ3n) is 2.06. The summed E-state index contributed by atoms with van der Waals surface area (Å²) in [5.41, 5.74) is -1.85. The number of sulfone groups is 1. The second-order valence-corrected chi connectivity index (χ2v) is 5.27. The Hall–Kier alpha value is -1.47. The summed E-state index contributed by atoms with van der Waals surface area (Å²) < 4.78 is 23.3. The molecule has 0 aromatic heterocycles. The van der Waals surface area contributed by atoms with E-state index in [0.29, 0.717) is 0 Å². The molecule has 0 heterocycles. The van der Waals surface area contributed by atoms with Gasteiger partial charge in [-0.05, 0) is 12.5 Å². The molecule has 1 rings (SSSR count). The Balaban J connectivity index is 3.24. The number of hydrogen-bond acceptors (Lipinski definition) is 5. The van der Waals surface area contributed by atoms with E-state index in [1.165, 1.54) is 25.1 Å². The Morgan fingerprint density at radius 1 is 1.50 bits per heavy atom. The summed E-state index contributed by atoms with van der Waals surface area (Å²) in [6, 6.07) is 4.63. The molecule has 0 saturated heterocycles. The van der Waals surface area contributed by atoms with Crippen LogP contribution in [-0.4, -0.2) is 23.9 Å². The van der Waals surface area contributed by atoms with E-state index >= 15 is 0 Å². The van der Waals surface area contributed by atoms with Gasteiger partial charge in [0.2, 0.25) is 9.84 Å². The smallest absolute Gasteiger partial charge is 0.270 e. The number of nitro benzene ring substituents is 1. The van der Waals surface area contributed by atoms with Crippen LogP contribution in [0.4, 0.5) is 5.69 Å². The van der Waals surface area contributed by atoms with Gasteiger partial charge in [0.05, 0.1) is 9.82 Å². The molecule has 1 aromatic rings. The molecule has 16 heavy (non-hydrogen) atoms. The van der Waals surface area contributed by atoms with Crippen LogP contribution in [0.1, 0.15) is 13.3 Å². The van der Waals surface area contributed by atoms with Gasteiger partial charge in [-0.25, -0.2) is 8.42 Å². The zero-order valence-corrected chi connectivity index (χ0v) is 9.35. The molecule has 0 aliphatic heterocycles. The second-order valence-electron chi connectivity index (χ2n) is 3.16. The maximum Gasteiger partial charge on any atom is 0.270 e. The standard InChI is InChI=1S/C9H11NO5S/c1-2-9(11)16(14,15)8-5-3-4-7(6-8)10(12)13/h3-6,9,11H,2H2,1H3. The number of non-ortho nitro benzene ring substituents is 1. The van der Waals surface area contributed by atoms with Crippen LogP contribution in [0.2, 0.25) is 0 Å². The lowest BCUT2D eigenvalue weighted by Crippen LogP contribution is -2.19. The average molecular weight is 245 g/mol. The van der Waals surface area contributed by atoms with E-state index in [2.05, 4.69) is 0 Å². The summed E-state index contributed by atoms with van der Waals surface area (Å²) in [6.07, 6.45) is 0.0328. The molecule has 0 saturated carbocycles. The van der Waals surface area contributed by atoms with Crippen LogP contribution in [0.5, 0.6) is 0 Å². The molecule has 88 valence electrons. The largest absolute Gasteiger partial charge is 0.377 e. The van der Waals surface area contributed by atoms with Crippen LogP contribution >= 0.6 is 0 Å². The molecule has 1 aromatic carbocycles. The fourth-order valence-electron chi connectivity index (χ4n) is 1.15. The summed E-state index contributed by atoms with van der Waals surface area (Å²) in [7, 11) is -3.89. The number of aliphatic hydroxyl groups excluding tert-OH is 1. The quantitative estimate of drug-likeness (QED) is 0.632. The molecule has 0 radical (unpaired) electrons. The van der Waals surface area contributed by atoms with E-state index in [1.54, 1.807) is 0 Å². The number of aliphatic hydroxyl groups is 1. The van der Waals surface area contributed by atoms with Gasteiger partial charge in [0.1, 0.15) is 0 Å². The summed E-state index contributed by atoms with van der Waals surface area (Å²) in [5, 5.41) is 19.8. The van der Waals surface area contributed by atoms with Crippen molar-refractivity contribution in [2.24, 2.45) is 0 Å². The minimum atomic E-state index is -3.89. The van der Waals surface area contributed by atoms with Crippen molar-refractivity contribution in [2.45, 2.75) is 23.7 Å². The van der Waals surface area contributed by atoms with Gasteiger partial charge in [0.25, 0.3) is 5.69 Å². The fraction of sp³-hybridized carbons (Fsp3) is 0.333. The van der Waals surface area contributed by atoms with E-state index in [9.17, 15) is 23.6 Å². The van der Waals surface area contributed by atoms with Crippen LogP contribution in [0.3, 0.4) is 0 Å². The van der Waals surface area contributed by atoms with Crippen molar-refractivity contribution in [1.82, 2.24) is 0 Å². The van der Waals surface area contributed by atoms with Gasteiger partial charge < -0.3 is 5.11 Å². The van der Waals surface area contributed by atoms with E-state index in [4.69, 9.17) is 0 Å². The maximum atomic E-state index is 11.7. The van der Waals surface area contributed by atoms with E-state index in [-0.39, 0.29) is 17.0 Å². The zero-order valence-electron chi connectivity index (χ0n) is 8.53. The van der Waals surface area contributed by atoms with Crippen molar-refractivity contribution in [3.8, 4) is 0 Å². The Morgan fingerprint density at radius 2 is 2.12 bits per heavy atom. The summed E-state index contributed by atoms with van der Waals surface area (Å²) >= 11 is 0. The number of rotatable bonds is 4. The van der Waals surface area contributed by atoms with Crippen molar-refractivity contribution in [3.63, 3.8) is 0 Å². The predicted octanol–water partition coefficient (Wildman–Crippen LogP) is 1.10. The SMILES string of the molecule is CCC(O)S(=O)(=O)c1cccc([N+](=O)[O-])c1. The molecule has 1 atom stereocenters. The van der Waals surface area contributed by atoms with Crippen LogP contribution < -0.4 is 0 Å². The Bertz CT molecular complexity index is 496. The molecule has 0 fully saturated rings. The van der Waals surface area contributed by atoms with Gasteiger partial charge >= 0.3 is 0 Å². The summed E-state index contributed by atoms with van der Waals surface area (Å²) in [4.78, 5) is 9.54. The molecule has 1 unspecified atom stereocenters. The minimum absolute atomic E-state index is 0.0328. The second kappa shape index (κ2) is 4.58. The van der Waals surface area contributed by atoms with Gasteiger partial charge in [0, 0.05) is 12.1 Å². The number of nitro groups is 1. The first kappa shape index (κ1) is 12.6. The van der Waals surface area contributed by atoms with Gasteiger partial charge in [-0.1, -0.05) is 13.0 Å². The van der Waals surface area contributed by atoms with E-state index in [1.807, 2.05) is 0 Å². The van der Waals surface area contributed by atoms with Crippen molar-refractivity contribution in [2.75, 3.05) is 0 Å². The fourth-order valence-corrected chi connectivity index (χ4v) is 2.46. The zero-order chi connectivity index (χ0) is 12.3. The average Bonchev–Trinajstić information content (AvgIpc) is 2.28. The molecule has 0 bridgehead atoms. The molecule has 0 spiro atoms. The first-order chi connectivity index (χ1) is 7.39. The third-order valence-corrected chi connectivity index (χ3v) is 4.03. The van der Waals surface area contributed by atoms with Crippen molar-refractivity contribution < 1.29 is 18.4 Å². The molecule has 7 heteroatoms. The first-order valence-electron chi connectivity index (χ1n) is 4.56. The van der Waals surface area contributed by atoms with E-state index in [0.717, 1.165) is 6.07 Å². The van der Waals surface area contributed by atoms with Gasteiger partial charge in [0.15, 0.2) is 5.44 Å². The highest BCUT2D eigenvalue weighted by Gasteiger charge is 2.24. The Morgan fingerprint density at radius 3 is 2.62 bits per heavy atom. The first-order valence-corrected chi connectivity index (χ1v) is 6.10. The normalized spacial score (nSPS) is 13.4. The van der Waals surface area contributed by atoms with Crippen LogP contribution in [0.25, 0.3) is 0 Å². The highest BCUT2D eigenvalue weighted by atomic mass is 32.2. The monoisotopic (exact) mass is 245 g/mol. The van der Waals surface area contributed by atoms with E-state index < -0.39 is 20.2 Å². The minimum Gasteiger partial charge on any atom is -0.377 e. The number of benzene rings is 1. The van der Waals surface area contributed by atoms with Crippen molar-refractivity contribution in [3.05, 3.63) is 34.4 Å². The van der Waals surface area contributed by atoms with Crippen molar-refractivity contribution in [1.29, 1.82) is 0 Å². The highest BCUT2D eigenvalue weighted by molar-refractivity contribution is 7.91. The summed E-state index contributed by atoms with van der Waals surface area (Å²) in [5.74, 6) is 0. The molecule has 6 nitrogen and oxygen atoms in total. The molecule has 0 aliphatic rings. The highest BCUT2D eigenvalue weighted by Crippen LogP contribution is 2.21. The van der Waals surface area contributed by atoms with Crippen molar-refractivity contribution >= 4 is 15.5 Å². The lowest BCUT2D eigenvalue weighted by atomic mass is 10.3. The molecule has 0 amide bonds. The van der Waals surface area contributed by atoms with Crippen LogP contribution in [0.15, 0.2) is 29.2 Å². The van der Waals surface area contributed by atoms with Gasteiger partial charge in [-0.15, -0.1) is 0 Å². The number of nitrogens with zero attached hydrogens (tertiary/aromatic N) is 1.